The molecule has 0 fully saturated rings. The summed E-state index contributed by atoms with van der Waals surface area (Å²) in [4.78, 5) is 18.9. The Morgan fingerprint density at radius 2 is 0.838 bits per heavy atom. The van der Waals surface area contributed by atoms with Crippen LogP contribution >= 0.6 is 0 Å². The molecule has 2 aliphatic rings. The molecule has 0 aliphatic carbocycles. The Morgan fingerprint density at radius 3 is 1.41 bits per heavy atom. The van der Waals surface area contributed by atoms with Crippen LogP contribution in [0.25, 0.3) is 72.8 Å². The van der Waals surface area contributed by atoms with Gasteiger partial charge in [-0.15, -0.1) is 0 Å². The van der Waals surface area contributed by atoms with Gasteiger partial charge in [0.05, 0.1) is 16.6 Å². The highest BCUT2D eigenvalue weighted by Gasteiger charge is 2.43. The minimum absolute atomic E-state index is 0.0308. The van der Waals surface area contributed by atoms with Crippen LogP contribution in [0.1, 0.15) is 5.56 Å². The van der Waals surface area contributed by atoms with Gasteiger partial charge in [-0.2, -0.15) is 13.2 Å². The van der Waals surface area contributed by atoms with E-state index in [-0.39, 0.29) is 29.7 Å². The van der Waals surface area contributed by atoms with Crippen LogP contribution in [0, 0.1) is 0 Å². The van der Waals surface area contributed by atoms with Crippen LogP contribution in [0.5, 0.6) is 0 Å². The summed E-state index contributed by atoms with van der Waals surface area (Å²) in [6, 6.07) is 80.3. The molecule has 2 aromatic heterocycles. The van der Waals surface area contributed by atoms with E-state index in [1.807, 2.05) is 108 Å². The lowest BCUT2D eigenvalue weighted by Crippen LogP contribution is -2.61. The molecule has 0 spiro atoms. The van der Waals surface area contributed by atoms with Crippen LogP contribution in [-0.2, 0) is 6.18 Å². The summed E-state index contributed by atoms with van der Waals surface area (Å²) in [7, 11) is 0. The number of anilines is 6. The summed E-state index contributed by atoms with van der Waals surface area (Å²) < 4.78 is 48.8. The topological polar surface area (TPSA) is 50.1 Å². The van der Waals surface area contributed by atoms with Crippen molar-refractivity contribution in [2.24, 2.45) is 0 Å². The number of nitrogens with zero attached hydrogens (tertiary/aromatic N) is 6. The van der Waals surface area contributed by atoms with Gasteiger partial charge in [-0.05, 0) is 112 Å². The highest BCUT2D eigenvalue weighted by Crippen LogP contribution is 2.47. The maximum atomic E-state index is 15.6. The first-order chi connectivity index (χ1) is 36.4. The molecule has 10 aromatic carbocycles. The van der Waals surface area contributed by atoms with Gasteiger partial charge in [0.1, 0.15) is 0 Å². The van der Waals surface area contributed by atoms with Crippen LogP contribution in [0.4, 0.5) is 47.3 Å². The first-order valence-electron chi connectivity index (χ1n) is 24.5. The average molecular weight is 961 g/mol. The molecule has 2 aliphatic heterocycles. The van der Waals surface area contributed by atoms with Gasteiger partial charge in [0.25, 0.3) is 6.71 Å². The number of benzene rings is 10. The molecule has 0 unspecified atom stereocenters. The highest BCUT2D eigenvalue weighted by molar-refractivity contribution is 7.00. The summed E-state index contributed by atoms with van der Waals surface area (Å²) in [5.41, 5.74) is 14.4. The Balaban J connectivity index is 0.961. The van der Waals surface area contributed by atoms with Crippen molar-refractivity contribution in [1.29, 1.82) is 0 Å². The van der Waals surface area contributed by atoms with Crippen LogP contribution in [0.3, 0.4) is 0 Å². The van der Waals surface area contributed by atoms with E-state index in [0.717, 1.165) is 67.1 Å². The fraction of sp³-hybridized carbons (Fsp3) is 0.0156. The van der Waals surface area contributed by atoms with Gasteiger partial charge >= 0.3 is 6.18 Å². The third-order valence-electron chi connectivity index (χ3n) is 14.4. The quantitative estimate of drug-likeness (QED) is 0.149. The molecule has 0 radical (unpaired) electrons. The molecule has 14 rings (SSSR count). The zero-order valence-electron chi connectivity index (χ0n) is 39.5. The van der Waals surface area contributed by atoms with E-state index < -0.39 is 11.7 Å². The lowest BCUT2D eigenvalue weighted by molar-refractivity contribution is -0.137. The van der Waals surface area contributed by atoms with Gasteiger partial charge in [0.15, 0.2) is 17.5 Å². The average Bonchev–Trinajstić information content (AvgIpc) is 3.87. The lowest BCUT2D eigenvalue weighted by atomic mass is 9.33. The Labute approximate surface area is 425 Å². The Hall–Kier alpha value is -9.54. The molecule has 4 heterocycles. The molecular weight excluding hydrogens is 921 g/mol. The number of alkyl halides is 3. The van der Waals surface area contributed by atoms with Gasteiger partial charge in [-0.1, -0.05) is 158 Å². The van der Waals surface area contributed by atoms with Crippen molar-refractivity contribution in [3.8, 4) is 51.0 Å². The number of hydrogen-bond donors (Lipinski definition) is 0. The molecule has 6 nitrogen and oxygen atoms in total. The molecular formula is C64H40BF3N6. The second kappa shape index (κ2) is 17.1. The third kappa shape index (κ3) is 7.01. The minimum Gasteiger partial charge on any atom is -0.311 e. The normalized spacial score (nSPS) is 12.7. The van der Waals surface area contributed by atoms with E-state index >= 15 is 13.2 Å². The molecule has 0 bridgehead atoms. The zero-order valence-corrected chi connectivity index (χ0v) is 39.5. The standard InChI is InChI=1S/C64H40BF3N6/c66-64(67,68)51-40-47(34-35-49(51)63-70-61(41-19-5-1-6-20-41)69-62(71-63)42-21-7-2-8-22-42)74-54-30-16-13-27-48(54)50-37-43(33-36-55(50)74)44-38-58-60-59(39-44)73(46-25-11-4-12-26-46)57-32-18-15-29-53(57)65(60)52-28-14-17-31-56(52)72(58)45-23-9-3-10-24-45/h1-40H. The van der Waals surface area contributed by atoms with Gasteiger partial charge in [-0.25, -0.2) is 15.0 Å². The summed E-state index contributed by atoms with van der Waals surface area (Å²) in [6.07, 6.45) is -4.75. The second-order valence-electron chi connectivity index (χ2n) is 18.7. The summed E-state index contributed by atoms with van der Waals surface area (Å²) >= 11 is 0. The number of hydrogen-bond acceptors (Lipinski definition) is 5. The summed E-state index contributed by atoms with van der Waals surface area (Å²) in [5.74, 6) is 0.494. The Morgan fingerprint density at radius 1 is 0.351 bits per heavy atom. The predicted molar refractivity (Wildman–Crippen MR) is 295 cm³/mol. The monoisotopic (exact) mass is 960 g/mol. The number of rotatable bonds is 7. The van der Waals surface area contributed by atoms with Crippen molar-refractivity contribution in [2.45, 2.75) is 6.18 Å². The van der Waals surface area contributed by atoms with Crippen molar-refractivity contribution < 1.29 is 13.2 Å². The van der Waals surface area contributed by atoms with E-state index in [1.54, 1.807) is 6.07 Å². The van der Waals surface area contributed by atoms with Gasteiger partial charge in [0.2, 0.25) is 0 Å². The van der Waals surface area contributed by atoms with Crippen molar-refractivity contribution in [2.75, 3.05) is 9.80 Å². The number of fused-ring (bicyclic) bond motifs is 7. The maximum Gasteiger partial charge on any atom is 0.417 e. The second-order valence-corrected chi connectivity index (χ2v) is 18.7. The zero-order chi connectivity index (χ0) is 49.5. The summed E-state index contributed by atoms with van der Waals surface area (Å²) in [6.45, 7) is -0.0308. The fourth-order valence-electron chi connectivity index (χ4n) is 11.2. The molecule has 0 atom stereocenters. The van der Waals surface area contributed by atoms with Crippen LogP contribution < -0.4 is 26.2 Å². The van der Waals surface area contributed by atoms with E-state index in [0.29, 0.717) is 16.8 Å². The van der Waals surface area contributed by atoms with Crippen LogP contribution in [0.15, 0.2) is 243 Å². The van der Waals surface area contributed by atoms with E-state index in [4.69, 9.17) is 4.98 Å². The molecule has 350 valence electrons. The van der Waals surface area contributed by atoms with Crippen molar-refractivity contribution in [1.82, 2.24) is 19.5 Å². The lowest BCUT2D eigenvalue weighted by Gasteiger charge is -2.44. The molecule has 12 aromatic rings. The first kappa shape index (κ1) is 43.3. The molecule has 10 heteroatoms. The molecule has 0 saturated heterocycles. The van der Waals surface area contributed by atoms with Crippen LogP contribution in [-0.4, -0.2) is 26.2 Å². The smallest absolute Gasteiger partial charge is 0.311 e. The SMILES string of the molecule is FC(F)(F)c1cc(-n2c3ccccc3c3cc(-c4cc5c6c(c4)N(c4ccccc4)c4ccccc4B6c4ccccc4N5c4ccccc4)ccc32)ccc1-c1nc(-c2ccccc2)nc(-c2ccccc2)n1. The highest BCUT2D eigenvalue weighted by atomic mass is 19.4. The van der Waals surface area contributed by atoms with Crippen molar-refractivity contribution >= 4 is 79.0 Å². The molecule has 0 saturated carbocycles. The van der Waals surface area contributed by atoms with E-state index in [2.05, 4.69) is 141 Å². The van der Waals surface area contributed by atoms with Gasteiger partial charge in [-0.3, -0.25) is 0 Å². The van der Waals surface area contributed by atoms with Crippen molar-refractivity contribution in [3.63, 3.8) is 0 Å². The van der Waals surface area contributed by atoms with Crippen LogP contribution in [0.2, 0.25) is 0 Å². The number of aromatic nitrogens is 4. The molecule has 0 N–H and O–H groups in total. The predicted octanol–water partition coefficient (Wildman–Crippen LogP) is 14.7. The third-order valence-corrected chi connectivity index (χ3v) is 14.4. The minimum atomic E-state index is -4.75. The summed E-state index contributed by atoms with van der Waals surface area (Å²) in [5, 5.41) is 1.83. The Kier molecular flexibility index (Phi) is 9.98. The fourth-order valence-corrected chi connectivity index (χ4v) is 11.2. The number of halogens is 3. The number of para-hydroxylation sites is 5. The molecule has 0 amide bonds. The maximum absolute atomic E-state index is 15.6. The van der Waals surface area contributed by atoms with E-state index in [9.17, 15) is 0 Å². The van der Waals surface area contributed by atoms with Gasteiger partial charge < -0.3 is 14.4 Å². The van der Waals surface area contributed by atoms with Gasteiger partial charge in [0, 0.05) is 67.3 Å². The largest absolute Gasteiger partial charge is 0.417 e. The Bertz CT molecular complexity index is 3980. The van der Waals surface area contributed by atoms with Crippen molar-refractivity contribution in [3.05, 3.63) is 248 Å². The first-order valence-corrected chi connectivity index (χ1v) is 24.5. The molecule has 74 heavy (non-hydrogen) atoms. The van der Waals surface area contributed by atoms with E-state index in [1.165, 1.54) is 28.5 Å².